The van der Waals surface area contributed by atoms with Gasteiger partial charge in [0.15, 0.2) is 0 Å². The van der Waals surface area contributed by atoms with Gasteiger partial charge in [-0.05, 0) is 49.2 Å². The molecule has 0 aromatic heterocycles. The smallest absolute Gasteiger partial charge is 0.119 e. The first-order valence-electron chi connectivity index (χ1n) is 7.27. The van der Waals surface area contributed by atoms with Crippen LogP contribution in [0.15, 0.2) is 48.5 Å². The van der Waals surface area contributed by atoms with Gasteiger partial charge in [-0.15, -0.1) is 0 Å². The highest BCUT2D eigenvalue weighted by atomic mass is 16.5. The number of ether oxygens (including phenoxy) is 1. The summed E-state index contributed by atoms with van der Waals surface area (Å²) >= 11 is 0. The largest absolute Gasteiger partial charge is 0.494 e. The molecule has 0 saturated carbocycles. The van der Waals surface area contributed by atoms with Gasteiger partial charge in [0.1, 0.15) is 5.75 Å². The van der Waals surface area contributed by atoms with E-state index in [1.807, 2.05) is 26.1 Å². The van der Waals surface area contributed by atoms with Crippen molar-refractivity contribution in [1.82, 2.24) is 5.32 Å². The van der Waals surface area contributed by atoms with Gasteiger partial charge in [0.2, 0.25) is 0 Å². The van der Waals surface area contributed by atoms with Crippen LogP contribution in [0.25, 0.3) is 0 Å². The fraction of sp³-hybridized carbons (Fsp3) is 0.333. The van der Waals surface area contributed by atoms with E-state index in [2.05, 4.69) is 48.6 Å². The monoisotopic (exact) mass is 269 g/mol. The Morgan fingerprint density at radius 3 is 2.35 bits per heavy atom. The van der Waals surface area contributed by atoms with Gasteiger partial charge in [0.05, 0.1) is 12.6 Å². The quantitative estimate of drug-likeness (QED) is 0.857. The van der Waals surface area contributed by atoms with E-state index in [9.17, 15) is 0 Å². The second-order valence-corrected chi connectivity index (χ2v) is 4.83. The Labute approximate surface area is 121 Å². The first kappa shape index (κ1) is 14.6. The molecular weight excluding hydrogens is 246 g/mol. The highest BCUT2D eigenvalue weighted by Crippen LogP contribution is 2.25. The highest BCUT2D eigenvalue weighted by Gasteiger charge is 2.12. The van der Waals surface area contributed by atoms with Crippen LogP contribution in [-0.2, 0) is 6.42 Å². The Balaban J connectivity index is 2.33. The topological polar surface area (TPSA) is 21.3 Å². The van der Waals surface area contributed by atoms with Crippen molar-refractivity contribution in [3.8, 4) is 5.75 Å². The van der Waals surface area contributed by atoms with Crippen LogP contribution in [0.3, 0.4) is 0 Å². The number of hydrogen-bond donors (Lipinski definition) is 1. The van der Waals surface area contributed by atoms with E-state index in [0.29, 0.717) is 6.61 Å². The summed E-state index contributed by atoms with van der Waals surface area (Å²) in [6.07, 6.45) is 1.06. The van der Waals surface area contributed by atoms with Crippen LogP contribution >= 0.6 is 0 Å². The second-order valence-electron chi connectivity index (χ2n) is 4.83. The molecule has 0 fully saturated rings. The lowest BCUT2D eigenvalue weighted by Crippen LogP contribution is -2.17. The lowest BCUT2D eigenvalue weighted by Gasteiger charge is -2.19. The van der Waals surface area contributed by atoms with Crippen molar-refractivity contribution in [2.24, 2.45) is 0 Å². The van der Waals surface area contributed by atoms with Crippen LogP contribution in [0.1, 0.15) is 36.6 Å². The van der Waals surface area contributed by atoms with Gasteiger partial charge in [-0.25, -0.2) is 0 Å². The molecule has 2 heteroatoms. The first-order chi connectivity index (χ1) is 9.78. The minimum Gasteiger partial charge on any atom is -0.494 e. The molecular formula is C18H23NO. The van der Waals surface area contributed by atoms with Crippen molar-refractivity contribution in [1.29, 1.82) is 0 Å². The van der Waals surface area contributed by atoms with E-state index in [4.69, 9.17) is 4.74 Å². The summed E-state index contributed by atoms with van der Waals surface area (Å²) in [6.45, 7) is 4.88. The summed E-state index contributed by atoms with van der Waals surface area (Å²) in [6, 6.07) is 17.3. The molecule has 0 radical (unpaired) electrons. The standard InChI is InChI=1S/C18H23NO/c1-4-14-8-6-9-15(12-14)18(19-3)16-10-7-11-17(13-16)20-5-2/h6-13,18-19H,4-5H2,1-3H3. The van der Waals surface area contributed by atoms with E-state index in [0.717, 1.165) is 12.2 Å². The number of rotatable bonds is 6. The molecule has 0 aliphatic heterocycles. The lowest BCUT2D eigenvalue weighted by molar-refractivity contribution is 0.339. The first-order valence-corrected chi connectivity index (χ1v) is 7.27. The average molecular weight is 269 g/mol. The Bertz CT molecular complexity index is 551. The van der Waals surface area contributed by atoms with E-state index in [1.165, 1.54) is 16.7 Å². The molecule has 2 aromatic rings. The summed E-state index contributed by atoms with van der Waals surface area (Å²) < 4.78 is 5.59. The third-order valence-corrected chi connectivity index (χ3v) is 3.48. The molecule has 0 aliphatic carbocycles. The van der Waals surface area contributed by atoms with Gasteiger partial charge in [-0.3, -0.25) is 0 Å². The third kappa shape index (κ3) is 3.40. The van der Waals surface area contributed by atoms with Gasteiger partial charge < -0.3 is 10.1 Å². The Kier molecular flexibility index (Phi) is 5.19. The molecule has 2 aromatic carbocycles. The highest BCUT2D eigenvalue weighted by molar-refractivity contribution is 5.38. The zero-order chi connectivity index (χ0) is 14.4. The van der Waals surface area contributed by atoms with Crippen LogP contribution in [0.5, 0.6) is 5.75 Å². The summed E-state index contributed by atoms with van der Waals surface area (Å²) in [4.78, 5) is 0. The summed E-state index contributed by atoms with van der Waals surface area (Å²) in [5.41, 5.74) is 3.89. The zero-order valence-electron chi connectivity index (χ0n) is 12.5. The summed E-state index contributed by atoms with van der Waals surface area (Å²) in [5.74, 6) is 0.928. The molecule has 1 unspecified atom stereocenters. The Hall–Kier alpha value is -1.80. The molecule has 0 saturated heterocycles. The van der Waals surface area contributed by atoms with Crippen molar-refractivity contribution in [2.75, 3.05) is 13.7 Å². The predicted octanol–water partition coefficient (Wildman–Crippen LogP) is 3.96. The Morgan fingerprint density at radius 2 is 1.70 bits per heavy atom. The minimum absolute atomic E-state index is 0.196. The lowest BCUT2D eigenvalue weighted by atomic mass is 9.96. The van der Waals surface area contributed by atoms with Crippen LogP contribution in [0.4, 0.5) is 0 Å². The van der Waals surface area contributed by atoms with Gasteiger partial charge >= 0.3 is 0 Å². The maximum atomic E-state index is 5.59. The molecule has 0 amide bonds. The second kappa shape index (κ2) is 7.11. The van der Waals surface area contributed by atoms with E-state index in [1.54, 1.807) is 0 Å². The molecule has 2 nitrogen and oxygen atoms in total. The van der Waals surface area contributed by atoms with Gasteiger partial charge in [-0.1, -0.05) is 43.3 Å². The predicted molar refractivity (Wildman–Crippen MR) is 84.3 cm³/mol. The zero-order valence-corrected chi connectivity index (χ0v) is 12.5. The SMILES string of the molecule is CCOc1cccc(C(NC)c2cccc(CC)c2)c1. The van der Waals surface area contributed by atoms with E-state index >= 15 is 0 Å². The average Bonchev–Trinajstić information content (AvgIpc) is 2.49. The minimum atomic E-state index is 0.196. The van der Waals surface area contributed by atoms with Crippen molar-refractivity contribution in [2.45, 2.75) is 26.3 Å². The van der Waals surface area contributed by atoms with Crippen LogP contribution in [-0.4, -0.2) is 13.7 Å². The van der Waals surface area contributed by atoms with Gasteiger partial charge in [0, 0.05) is 0 Å². The van der Waals surface area contributed by atoms with Crippen LogP contribution in [0.2, 0.25) is 0 Å². The number of nitrogens with one attached hydrogen (secondary N) is 1. The van der Waals surface area contributed by atoms with Crippen molar-refractivity contribution < 1.29 is 4.74 Å². The molecule has 0 bridgehead atoms. The summed E-state index contributed by atoms with van der Waals surface area (Å²) in [5, 5.41) is 3.40. The van der Waals surface area contributed by atoms with Crippen molar-refractivity contribution in [3.05, 3.63) is 65.2 Å². The number of hydrogen-bond acceptors (Lipinski definition) is 2. The van der Waals surface area contributed by atoms with Crippen molar-refractivity contribution >= 4 is 0 Å². The molecule has 1 atom stereocenters. The van der Waals surface area contributed by atoms with Gasteiger partial charge in [0.25, 0.3) is 0 Å². The molecule has 1 N–H and O–H groups in total. The normalized spacial score (nSPS) is 12.2. The molecule has 106 valence electrons. The molecule has 0 heterocycles. The van der Waals surface area contributed by atoms with Crippen LogP contribution < -0.4 is 10.1 Å². The fourth-order valence-electron chi connectivity index (χ4n) is 2.47. The number of aryl methyl sites for hydroxylation is 1. The molecule has 0 aliphatic rings. The maximum Gasteiger partial charge on any atom is 0.119 e. The number of benzene rings is 2. The van der Waals surface area contributed by atoms with E-state index in [-0.39, 0.29) is 6.04 Å². The van der Waals surface area contributed by atoms with Crippen molar-refractivity contribution in [3.63, 3.8) is 0 Å². The van der Waals surface area contributed by atoms with Gasteiger partial charge in [-0.2, -0.15) is 0 Å². The fourth-order valence-corrected chi connectivity index (χ4v) is 2.47. The third-order valence-electron chi connectivity index (χ3n) is 3.48. The summed E-state index contributed by atoms with van der Waals surface area (Å²) in [7, 11) is 2.00. The van der Waals surface area contributed by atoms with Crippen LogP contribution in [0, 0.1) is 0 Å². The molecule has 0 spiro atoms. The molecule has 20 heavy (non-hydrogen) atoms. The van der Waals surface area contributed by atoms with E-state index < -0.39 is 0 Å². The maximum absolute atomic E-state index is 5.59. The molecule has 2 rings (SSSR count). The Morgan fingerprint density at radius 1 is 1.00 bits per heavy atom.